The lowest BCUT2D eigenvalue weighted by molar-refractivity contribution is -0.137. The Morgan fingerprint density at radius 1 is 1.67 bits per heavy atom. The number of rotatable bonds is 5. The van der Waals surface area contributed by atoms with Crippen molar-refractivity contribution in [3.8, 4) is 0 Å². The third-order valence-corrected chi connectivity index (χ3v) is 1.78. The number of hydrogen-bond donors (Lipinski definition) is 2. The first-order valence-corrected chi connectivity index (χ1v) is 4.52. The van der Waals surface area contributed by atoms with Gasteiger partial charge in [-0.2, -0.15) is 4.72 Å². The van der Waals surface area contributed by atoms with Crippen LogP contribution in [0.5, 0.6) is 0 Å². The Morgan fingerprint density at radius 3 is 2.42 bits per heavy atom. The summed E-state index contributed by atoms with van der Waals surface area (Å²) in [6, 6.07) is 0. The number of thiol groups is 1. The molecule has 1 atom stereocenters. The largest absolute Gasteiger partial charge is 0.353 e. The number of ketones is 1. The summed E-state index contributed by atoms with van der Waals surface area (Å²) in [4.78, 5) is 10.9. The maximum Gasteiger partial charge on any atom is 0.204 e. The lowest BCUT2D eigenvalue weighted by Crippen LogP contribution is -2.50. The van der Waals surface area contributed by atoms with Crippen LogP contribution < -0.4 is 4.72 Å². The van der Waals surface area contributed by atoms with E-state index in [1.54, 1.807) is 6.92 Å². The summed E-state index contributed by atoms with van der Waals surface area (Å²) < 4.78 is 27.3. The van der Waals surface area contributed by atoms with Gasteiger partial charge in [-0.15, -0.1) is 0 Å². The normalized spacial score (nSPS) is 16.0. The average molecular weight is 194 g/mol. The van der Waals surface area contributed by atoms with Crippen molar-refractivity contribution in [1.29, 1.82) is 0 Å². The number of nitrogens with one attached hydrogen (secondary N) is 1. The summed E-state index contributed by atoms with van der Waals surface area (Å²) in [6.45, 7) is 6.38. The van der Waals surface area contributed by atoms with Gasteiger partial charge in [0.05, 0.1) is 0 Å². The molecule has 6 heteroatoms. The van der Waals surface area contributed by atoms with Crippen molar-refractivity contribution in [2.24, 2.45) is 0 Å². The molecular weight excluding hydrogens is 182 g/mol. The Morgan fingerprint density at radius 2 is 2.17 bits per heavy atom. The van der Waals surface area contributed by atoms with Gasteiger partial charge in [0.25, 0.3) is 0 Å². The van der Waals surface area contributed by atoms with E-state index in [0.29, 0.717) is 0 Å². The molecule has 71 valence electrons. The summed E-state index contributed by atoms with van der Waals surface area (Å²) in [5.41, 5.74) is -1.66. The maximum atomic E-state index is 10.9. The van der Waals surface area contributed by atoms with Crippen molar-refractivity contribution in [3.05, 3.63) is 6.92 Å². The second kappa shape index (κ2) is 4.54. The molecule has 0 saturated heterocycles. The quantitative estimate of drug-likeness (QED) is 0.446. The molecule has 0 aromatic carbocycles. The van der Waals surface area contributed by atoms with Crippen molar-refractivity contribution in [1.82, 2.24) is 4.72 Å². The third-order valence-electron chi connectivity index (χ3n) is 1.23. The molecule has 0 aromatic heterocycles. The molecule has 5 nitrogen and oxygen atoms in total. The van der Waals surface area contributed by atoms with Gasteiger partial charge in [0.15, 0.2) is 11.5 Å². The molecule has 0 bridgehead atoms. The van der Waals surface area contributed by atoms with Crippen LogP contribution in [-0.4, -0.2) is 26.5 Å². The van der Waals surface area contributed by atoms with E-state index >= 15 is 0 Å². The summed E-state index contributed by atoms with van der Waals surface area (Å²) in [5, 5.41) is 0. The van der Waals surface area contributed by atoms with Crippen LogP contribution in [0.15, 0.2) is 0 Å². The van der Waals surface area contributed by atoms with E-state index in [9.17, 15) is 13.2 Å². The highest BCUT2D eigenvalue weighted by Gasteiger charge is 2.30. The minimum absolute atomic E-state index is 0.208. The number of carbonyl (C=O) groups is 1. The first kappa shape index (κ1) is 11.5. The van der Waals surface area contributed by atoms with E-state index in [-0.39, 0.29) is 6.61 Å². The van der Waals surface area contributed by atoms with Gasteiger partial charge in [0.1, 0.15) is 0 Å². The molecule has 1 radical (unpaired) electrons. The zero-order valence-corrected chi connectivity index (χ0v) is 7.89. The number of hydrogen-bond acceptors (Lipinski definition) is 4. The molecule has 0 aliphatic carbocycles. The fourth-order valence-corrected chi connectivity index (χ4v) is 1.12. The van der Waals surface area contributed by atoms with E-state index in [2.05, 4.69) is 6.92 Å². The molecule has 0 aliphatic rings. The van der Waals surface area contributed by atoms with E-state index in [1.165, 1.54) is 6.92 Å². The number of Topliss-reactive ketones (excluding diaryl/α,β-unsaturated/α-hetero) is 1. The summed E-state index contributed by atoms with van der Waals surface area (Å²) >= 11 is 0. The molecule has 0 aromatic rings. The molecule has 0 saturated carbocycles. The van der Waals surface area contributed by atoms with Gasteiger partial charge < -0.3 is 4.74 Å². The van der Waals surface area contributed by atoms with Gasteiger partial charge in [-0.1, -0.05) is 0 Å². The van der Waals surface area contributed by atoms with Crippen LogP contribution in [0.3, 0.4) is 0 Å². The summed E-state index contributed by atoms with van der Waals surface area (Å²) in [5.74, 6) is -0.483. The third kappa shape index (κ3) is 3.29. The Hall–Kier alpha value is -0.460. The van der Waals surface area contributed by atoms with Gasteiger partial charge in [-0.25, -0.2) is 8.42 Å². The minimum Gasteiger partial charge on any atom is -0.353 e. The van der Waals surface area contributed by atoms with Crippen LogP contribution in [0.25, 0.3) is 0 Å². The molecule has 0 heterocycles. The second-order valence-corrected chi connectivity index (χ2v) is 2.92. The Kier molecular flexibility index (Phi) is 4.36. The maximum absolute atomic E-state index is 10.9. The Balaban J connectivity index is 4.49. The van der Waals surface area contributed by atoms with Crippen LogP contribution in [0.2, 0.25) is 0 Å². The van der Waals surface area contributed by atoms with Crippen molar-refractivity contribution < 1.29 is 17.9 Å². The van der Waals surface area contributed by atoms with Gasteiger partial charge in [0, 0.05) is 13.5 Å². The highest BCUT2D eigenvalue weighted by atomic mass is 32.2. The standard InChI is InChI=1S/C6H12NO4S/c1-4-11-6(3,5(2)8)7-12(9)10/h12H,3-4H2,1-2H3,(H,7,9,10). The van der Waals surface area contributed by atoms with E-state index in [0.717, 1.165) is 0 Å². The molecule has 12 heavy (non-hydrogen) atoms. The lowest BCUT2D eigenvalue weighted by Gasteiger charge is -2.24. The summed E-state index contributed by atoms with van der Waals surface area (Å²) in [6.07, 6.45) is 0. The van der Waals surface area contributed by atoms with Crippen molar-refractivity contribution >= 4 is 16.7 Å². The lowest BCUT2D eigenvalue weighted by atomic mass is 10.2. The molecular formula is C6H12NO4S. The SMILES string of the molecule is [CH2]C(N[SH](=O)=O)(OCC)C(C)=O. The van der Waals surface area contributed by atoms with E-state index in [1.807, 2.05) is 4.72 Å². The number of ether oxygens (including phenoxy) is 1. The fraction of sp³-hybridized carbons (Fsp3) is 0.667. The van der Waals surface area contributed by atoms with Crippen molar-refractivity contribution in [2.75, 3.05) is 6.61 Å². The zero-order valence-electron chi connectivity index (χ0n) is 6.99. The molecule has 0 fully saturated rings. The molecule has 0 aliphatic heterocycles. The topological polar surface area (TPSA) is 72.5 Å². The van der Waals surface area contributed by atoms with Crippen LogP contribution in [0.4, 0.5) is 0 Å². The highest BCUT2D eigenvalue weighted by Crippen LogP contribution is 2.06. The van der Waals surface area contributed by atoms with E-state index < -0.39 is 22.4 Å². The fourth-order valence-electron chi connectivity index (χ4n) is 0.606. The molecule has 1 N–H and O–H groups in total. The molecule has 0 amide bonds. The van der Waals surface area contributed by atoms with Crippen LogP contribution in [-0.2, 0) is 20.4 Å². The van der Waals surface area contributed by atoms with Crippen LogP contribution >= 0.6 is 0 Å². The average Bonchev–Trinajstić information content (AvgIpc) is 1.85. The molecule has 0 spiro atoms. The Bertz CT molecular complexity index is 230. The monoisotopic (exact) mass is 194 g/mol. The Labute approximate surface area is 73.2 Å². The van der Waals surface area contributed by atoms with Gasteiger partial charge >= 0.3 is 0 Å². The zero-order chi connectivity index (χ0) is 9.78. The predicted molar refractivity (Wildman–Crippen MR) is 43.8 cm³/mol. The van der Waals surface area contributed by atoms with Crippen LogP contribution in [0, 0.1) is 6.92 Å². The van der Waals surface area contributed by atoms with Crippen LogP contribution in [0.1, 0.15) is 13.8 Å². The first-order chi connectivity index (χ1) is 5.42. The van der Waals surface area contributed by atoms with Gasteiger partial charge in [-0.05, 0) is 13.8 Å². The van der Waals surface area contributed by atoms with Gasteiger partial charge in [-0.3, -0.25) is 4.79 Å². The highest BCUT2D eigenvalue weighted by molar-refractivity contribution is 7.70. The summed E-state index contributed by atoms with van der Waals surface area (Å²) in [7, 11) is -2.89. The minimum atomic E-state index is -2.89. The first-order valence-electron chi connectivity index (χ1n) is 3.35. The van der Waals surface area contributed by atoms with E-state index in [4.69, 9.17) is 4.74 Å². The number of carbonyl (C=O) groups excluding carboxylic acids is 1. The van der Waals surface area contributed by atoms with Gasteiger partial charge in [0.2, 0.25) is 10.9 Å². The predicted octanol–water partition coefficient (Wildman–Crippen LogP) is -0.742. The molecule has 1 unspecified atom stereocenters. The van der Waals surface area contributed by atoms with Crippen molar-refractivity contribution in [2.45, 2.75) is 19.6 Å². The molecule has 0 rings (SSSR count). The smallest absolute Gasteiger partial charge is 0.204 e. The second-order valence-electron chi connectivity index (χ2n) is 2.19. The van der Waals surface area contributed by atoms with Crippen molar-refractivity contribution in [3.63, 3.8) is 0 Å².